The zero-order chi connectivity index (χ0) is 14.5. The lowest BCUT2D eigenvalue weighted by molar-refractivity contribution is 0.267. The molecule has 5 nitrogen and oxygen atoms in total. The van der Waals surface area contributed by atoms with E-state index in [1.54, 1.807) is 12.1 Å². The van der Waals surface area contributed by atoms with Gasteiger partial charge in [-0.05, 0) is 18.6 Å². The molecular formula is C14H21FN4OS. The summed E-state index contributed by atoms with van der Waals surface area (Å²) in [5.41, 5.74) is 6.10. The Bertz CT molecular complexity index is 596. The zero-order valence-electron chi connectivity index (χ0n) is 11.9. The van der Waals surface area contributed by atoms with Crippen molar-refractivity contribution in [2.75, 3.05) is 17.7 Å². The summed E-state index contributed by atoms with van der Waals surface area (Å²) in [6, 6.07) is 4.44. The first-order valence-corrected chi connectivity index (χ1v) is 6.74. The van der Waals surface area contributed by atoms with Crippen molar-refractivity contribution in [1.29, 1.82) is 0 Å². The fourth-order valence-electron chi connectivity index (χ4n) is 2.12. The van der Waals surface area contributed by atoms with Crippen LogP contribution >= 0.6 is 13.5 Å². The summed E-state index contributed by atoms with van der Waals surface area (Å²) >= 11 is 0. The van der Waals surface area contributed by atoms with Crippen molar-refractivity contribution < 1.29 is 9.50 Å². The van der Waals surface area contributed by atoms with Crippen molar-refractivity contribution >= 4 is 36.2 Å². The van der Waals surface area contributed by atoms with Crippen LogP contribution in [0, 0.1) is 5.82 Å². The highest BCUT2D eigenvalue weighted by Gasteiger charge is 2.14. The maximum atomic E-state index is 14.0. The third-order valence-electron chi connectivity index (χ3n) is 3.16. The van der Waals surface area contributed by atoms with Crippen molar-refractivity contribution in [3.8, 4) is 0 Å². The van der Waals surface area contributed by atoms with Crippen LogP contribution in [0.2, 0.25) is 0 Å². The van der Waals surface area contributed by atoms with E-state index < -0.39 is 5.82 Å². The third-order valence-corrected chi connectivity index (χ3v) is 3.16. The van der Waals surface area contributed by atoms with Gasteiger partial charge in [0.15, 0.2) is 0 Å². The Morgan fingerprint density at radius 1 is 1.38 bits per heavy atom. The quantitative estimate of drug-likeness (QED) is 0.763. The van der Waals surface area contributed by atoms with Gasteiger partial charge in [0, 0.05) is 0 Å². The molecule has 0 saturated carbocycles. The van der Waals surface area contributed by atoms with E-state index in [1.807, 2.05) is 0 Å². The second-order valence-corrected chi connectivity index (χ2v) is 4.73. The number of unbranched alkanes of at least 4 members (excludes halogenated alkanes) is 1. The fraction of sp³-hybridized carbons (Fsp3) is 0.429. The number of halogens is 1. The monoisotopic (exact) mass is 312 g/mol. The molecule has 7 heteroatoms. The van der Waals surface area contributed by atoms with Gasteiger partial charge in [-0.25, -0.2) is 9.37 Å². The molecular weight excluding hydrogens is 291 g/mol. The minimum Gasteiger partial charge on any atom is -0.394 e. The molecule has 2 aromatic rings. The minimum absolute atomic E-state index is 0. The van der Waals surface area contributed by atoms with Crippen molar-refractivity contribution in [1.82, 2.24) is 9.97 Å². The van der Waals surface area contributed by atoms with Crippen molar-refractivity contribution in [2.24, 2.45) is 0 Å². The SMILES string of the molecule is CCCC[C@@H](CO)Nc1nc(N)nc2cccc(F)c12.S. The molecule has 0 aliphatic heterocycles. The van der Waals surface area contributed by atoms with E-state index in [0.717, 1.165) is 19.3 Å². The maximum Gasteiger partial charge on any atom is 0.222 e. The van der Waals surface area contributed by atoms with Crippen LogP contribution in [0.1, 0.15) is 26.2 Å². The van der Waals surface area contributed by atoms with Crippen LogP contribution in [-0.4, -0.2) is 27.7 Å². The molecule has 0 fully saturated rings. The van der Waals surface area contributed by atoms with Gasteiger partial charge in [-0.3, -0.25) is 0 Å². The molecule has 0 unspecified atom stereocenters. The molecule has 4 N–H and O–H groups in total. The van der Waals surface area contributed by atoms with Crippen molar-refractivity contribution in [3.05, 3.63) is 24.0 Å². The Morgan fingerprint density at radius 2 is 2.14 bits per heavy atom. The predicted octanol–water partition coefficient (Wildman–Crippen LogP) is 2.43. The lowest BCUT2D eigenvalue weighted by Gasteiger charge is -2.18. The molecule has 0 spiro atoms. The Labute approximate surface area is 130 Å². The minimum atomic E-state index is -0.405. The van der Waals surface area contributed by atoms with E-state index in [0.29, 0.717) is 16.7 Å². The molecule has 1 heterocycles. The normalized spacial score (nSPS) is 12.0. The number of nitrogens with one attached hydrogen (secondary N) is 1. The highest BCUT2D eigenvalue weighted by molar-refractivity contribution is 7.59. The summed E-state index contributed by atoms with van der Waals surface area (Å²) in [5.74, 6) is 0.00992. The second-order valence-electron chi connectivity index (χ2n) is 4.73. The first kappa shape index (κ1) is 17.5. The number of anilines is 2. The van der Waals surface area contributed by atoms with Crippen LogP contribution in [0.4, 0.5) is 16.2 Å². The average Bonchev–Trinajstić information content (AvgIpc) is 2.42. The van der Waals surface area contributed by atoms with Gasteiger partial charge in [0.2, 0.25) is 5.95 Å². The van der Waals surface area contributed by atoms with Crippen LogP contribution in [0.5, 0.6) is 0 Å². The highest BCUT2D eigenvalue weighted by atomic mass is 32.1. The van der Waals surface area contributed by atoms with Crippen molar-refractivity contribution in [2.45, 2.75) is 32.2 Å². The number of hydrogen-bond donors (Lipinski definition) is 3. The molecule has 0 amide bonds. The summed E-state index contributed by atoms with van der Waals surface area (Å²) in [5, 5.41) is 12.8. The second kappa shape index (κ2) is 7.99. The van der Waals surface area contributed by atoms with E-state index in [2.05, 4.69) is 22.2 Å². The number of hydrogen-bond acceptors (Lipinski definition) is 5. The Kier molecular flexibility index (Phi) is 6.64. The third kappa shape index (κ3) is 4.18. The van der Waals surface area contributed by atoms with E-state index in [1.165, 1.54) is 6.07 Å². The highest BCUT2D eigenvalue weighted by Crippen LogP contribution is 2.25. The van der Waals surface area contributed by atoms with Gasteiger partial charge in [0.25, 0.3) is 0 Å². The first-order chi connectivity index (χ1) is 9.65. The molecule has 21 heavy (non-hydrogen) atoms. The number of aliphatic hydroxyl groups excluding tert-OH is 1. The number of fused-ring (bicyclic) bond motifs is 1. The van der Waals surface area contributed by atoms with Gasteiger partial charge >= 0.3 is 0 Å². The molecule has 0 radical (unpaired) electrons. The van der Waals surface area contributed by atoms with Crippen LogP contribution in [-0.2, 0) is 0 Å². The Balaban J connectivity index is 0.00000220. The van der Waals surface area contributed by atoms with Crippen LogP contribution in [0.3, 0.4) is 0 Å². The van der Waals surface area contributed by atoms with Gasteiger partial charge in [-0.1, -0.05) is 25.8 Å². The van der Waals surface area contributed by atoms with E-state index in [4.69, 9.17) is 5.73 Å². The molecule has 116 valence electrons. The van der Waals surface area contributed by atoms with Gasteiger partial charge in [-0.2, -0.15) is 18.5 Å². The van der Waals surface area contributed by atoms with Gasteiger partial charge < -0.3 is 16.2 Å². The maximum absolute atomic E-state index is 14.0. The molecule has 0 aliphatic carbocycles. The lowest BCUT2D eigenvalue weighted by Crippen LogP contribution is -2.24. The lowest BCUT2D eigenvalue weighted by atomic mass is 10.1. The molecule has 1 aromatic heterocycles. The van der Waals surface area contributed by atoms with Gasteiger partial charge in [0.1, 0.15) is 11.6 Å². The van der Waals surface area contributed by atoms with Crippen molar-refractivity contribution in [3.63, 3.8) is 0 Å². The first-order valence-electron chi connectivity index (χ1n) is 6.74. The van der Waals surface area contributed by atoms with Gasteiger partial charge in [-0.15, -0.1) is 0 Å². The molecule has 1 aromatic carbocycles. The number of nitrogen functional groups attached to an aromatic ring is 1. The molecule has 2 rings (SSSR count). The number of nitrogens with two attached hydrogens (primary N) is 1. The number of aliphatic hydroxyl groups is 1. The van der Waals surface area contributed by atoms with E-state index in [9.17, 15) is 9.50 Å². The number of nitrogens with zero attached hydrogens (tertiary/aromatic N) is 2. The Hall–Kier alpha value is -1.60. The van der Waals surface area contributed by atoms with Crippen LogP contribution in [0.15, 0.2) is 18.2 Å². The summed E-state index contributed by atoms with van der Waals surface area (Å²) in [6.45, 7) is 2.03. The summed E-state index contributed by atoms with van der Waals surface area (Å²) < 4.78 is 14.0. The molecule has 1 atom stereocenters. The summed E-state index contributed by atoms with van der Waals surface area (Å²) in [7, 11) is 0. The Morgan fingerprint density at radius 3 is 2.81 bits per heavy atom. The average molecular weight is 312 g/mol. The number of rotatable bonds is 6. The summed E-state index contributed by atoms with van der Waals surface area (Å²) in [6.07, 6.45) is 2.78. The van der Waals surface area contributed by atoms with E-state index in [-0.39, 0.29) is 32.1 Å². The topological polar surface area (TPSA) is 84.1 Å². The fourth-order valence-corrected chi connectivity index (χ4v) is 2.12. The van der Waals surface area contributed by atoms with E-state index >= 15 is 0 Å². The number of aromatic nitrogens is 2. The van der Waals surface area contributed by atoms with Crippen LogP contribution in [0.25, 0.3) is 10.9 Å². The largest absolute Gasteiger partial charge is 0.394 e. The zero-order valence-corrected chi connectivity index (χ0v) is 12.9. The number of benzene rings is 1. The molecule has 0 aliphatic rings. The standard InChI is InChI=1S/C14H19FN4O.H2S/c1-2-3-5-9(8-20)17-13-12-10(15)6-4-7-11(12)18-14(16)19-13;/h4,6-7,9,20H,2-3,5,8H2,1H3,(H3,16,17,18,19);1H2/t9-;/m0./s1. The smallest absolute Gasteiger partial charge is 0.222 e. The predicted molar refractivity (Wildman–Crippen MR) is 88.3 cm³/mol. The van der Waals surface area contributed by atoms with Crippen LogP contribution < -0.4 is 11.1 Å². The van der Waals surface area contributed by atoms with Gasteiger partial charge in [0.05, 0.1) is 23.6 Å². The molecule has 0 saturated heterocycles. The molecule has 0 bridgehead atoms. The summed E-state index contributed by atoms with van der Waals surface area (Å²) in [4.78, 5) is 8.08.